The molecule has 1 aliphatic heterocycles. The maximum atomic E-state index is 12.6. The monoisotopic (exact) mass is 484 g/mol. The van der Waals surface area contributed by atoms with Crippen LogP contribution in [-0.2, 0) is 13.1 Å². The van der Waals surface area contributed by atoms with Crippen LogP contribution in [0.4, 0.5) is 11.4 Å². The standard InChI is InChI=1S/C27H28N6OS/c1-28-22-6-4-20(5-7-22)18-33-19-29-16-24(33)17-31-23-8-9-25-21(14-23)15-26(35-25)27(34)30-10-13-32-11-2-3-12-32/h4-9,14-16,19,31H,2-3,10-13,17-18H2,(H,30,34). The number of nitrogens with one attached hydrogen (secondary N) is 2. The maximum Gasteiger partial charge on any atom is 0.261 e. The highest BCUT2D eigenvalue weighted by Gasteiger charge is 2.14. The van der Waals surface area contributed by atoms with Crippen LogP contribution in [0.15, 0.2) is 61.1 Å². The van der Waals surface area contributed by atoms with Gasteiger partial charge in [0, 0.05) is 36.2 Å². The number of nitrogens with zero attached hydrogens (tertiary/aromatic N) is 4. The molecule has 3 heterocycles. The Morgan fingerprint density at radius 3 is 2.74 bits per heavy atom. The van der Waals surface area contributed by atoms with Crippen molar-refractivity contribution in [2.75, 3.05) is 31.5 Å². The zero-order valence-corrected chi connectivity index (χ0v) is 20.4. The zero-order chi connectivity index (χ0) is 24.0. The predicted octanol–water partition coefficient (Wildman–Crippen LogP) is 5.13. The summed E-state index contributed by atoms with van der Waals surface area (Å²) in [5.74, 6) is 0.00763. The number of thiophene rings is 1. The SMILES string of the molecule is [C-]#[N+]c1ccc(Cn2cncc2CNc2ccc3sc(C(=O)NCCN4CCCC4)cc3c2)cc1. The Kier molecular flexibility index (Phi) is 7.07. The van der Waals surface area contributed by atoms with Crippen molar-refractivity contribution in [3.63, 3.8) is 0 Å². The van der Waals surface area contributed by atoms with Gasteiger partial charge >= 0.3 is 0 Å². The Morgan fingerprint density at radius 1 is 1.11 bits per heavy atom. The number of benzene rings is 2. The lowest BCUT2D eigenvalue weighted by Gasteiger charge is -2.14. The average molecular weight is 485 g/mol. The second kappa shape index (κ2) is 10.7. The molecule has 35 heavy (non-hydrogen) atoms. The zero-order valence-electron chi connectivity index (χ0n) is 19.5. The van der Waals surface area contributed by atoms with Crippen LogP contribution in [-0.4, -0.2) is 46.5 Å². The lowest BCUT2D eigenvalue weighted by molar-refractivity contribution is 0.0954. The average Bonchev–Trinajstić information content (AvgIpc) is 3.64. The third-order valence-electron chi connectivity index (χ3n) is 6.34. The lowest BCUT2D eigenvalue weighted by Crippen LogP contribution is -2.33. The van der Waals surface area contributed by atoms with Crippen molar-refractivity contribution in [1.29, 1.82) is 0 Å². The summed E-state index contributed by atoms with van der Waals surface area (Å²) in [6.45, 7) is 12.3. The molecule has 0 radical (unpaired) electrons. The van der Waals surface area contributed by atoms with Crippen LogP contribution in [0.3, 0.4) is 0 Å². The molecule has 8 heteroatoms. The molecule has 7 nitrogen and oxygen atoms in total. The van der Waals surface area contributed by atoms with Gasteiger partial charge in [-0.15, -0.1) is 11.3 Å². The van der Waals surface area contributed by atoms with Crippen LogP contribution in [0.2, 0.25) is 0 Å². The van der Waals surface area contributed by atoms with E-state index < -0.39 is 0 Å². The van der Waals surface area contributed by atoms with Crippen LogP contribution in [0, 0.1) is 6.57 Å². The number of carbonyl (C=O) groups excluding carboxylic acids is 1. The van der Waals surface area contributed by atoms with E-state index in [1.807, 2.05) is 42.9 Å². The molecule has 4 aromatic rings. The second-order valence-electron chi connectivity index (χ2n) is 8.81. The number of likely N-dealkylation sites (tertiary alicyclic amines) is 1. The molecule has 178 valence electrons. The number of rotatable bonds is 9. The summed E-state index contributed by atoms with van der Waals surface area (Å²) >= 11 is 1.53. The summed E-state index contributed by atoms with van der Waals surface area (Å²) in [6.07, 6.45) is 6.23. The number of hydrogen-bond donors (Lipinski definition) is 2. The van der Waals surface area contributed by atoms with Crippen molar-refractivity contribution in [2.45, 2.75) is 25.9 Å². The van der Waals surface area contributed by atoms with Gasteiger partial charge in [0.15, 0.2) is 5.69 Å². The van der Waals surface area contributed by atoms with Gasteiger partial charge in [-0.3, -0.25) is 4.79 Å². The van der Waals surface area contributed by atoms with Crippen LogP contribution in [0.1, 0.15) is 33.8 Å². The van der Waals surface area contributed by atoms with Crippen molar-refractivity contribution in [2.24, 2.45) is 0 Å². The molecule has 0 unspecified atom stereocenters. The highest BCUT2D eigenvalue weighted by molar-refractivity contribution is 7.20. The van der Waals surface area contributed by atoms with E-state index in [2.05, 4.69) is 48.1 Å². The van der Waals surface area contributed by atoms with E-state index in [9.17, 15) is 4.79 Å². The minimum atomic E-state index is 0.00763. The minimum Gasteiger partial charge on any atom is -0.379 e. The van der Waals surface area contributed by atoms with Gasteiger partial charge in [-0.1, -0.05) is 24.3 Å². The summed E-state index contributed by atoms with van der Waals surface area (Å²) < 4.78 is 3.21. The third kappa shape index (κ3) is 5.70. The predicted molar refractivity (Wildman–Crippen MR) is 141 cm³/mol. The number of imidazole rings is 1. The Bertz CT molecular complexity index is 1340. The Morgan fingerprint density at radius 2 is 1.94 bits per heavy atom. The fourth-order valence-corrected chi connectivity index (χ4v) is 5.35. The molecule has 1 saturated heterocycles. The summed E-state index contributed by atoms with van der Waals surface area (Å²) in [6, 6.07) is 15.8. The molecule has 0 spiro atoms. The van der Waals surface area contributed by atoms with Gasteiger partial charge in [0.25, 0.3) is 5.91 Å². The van der Waals surface area contributed by atoms with E-state index >= 15 is 0 Å². The quantitative estimate of drug-likeness (QED) is 0.323. The van der Waals surface area contributed by atoms with Crippen molar-refractivity contribution in [3.05, 3.63) is 88.6 Å². The first kappa shape index (κ1) is 23.1. The lowest BCUT2D eigenvalue weighted by atomic mass is 10.2. The molecule has 5 rings (SSSR count). The van der Waals surface area contributed by atoms with Crippen LogP contribution in [0.25, 0.3) is 14.9 Å². The Hall–Kier alpha value is -3.67. The molecular weight excluding hydrogens is 456 g/mol. The van der Waals surface area contributed by atoms with E-state index in [1.165, 1.54) is 24.2 Å². The van der Waals surface area contributed by atoms with Gasteiger partial charge in [-0.2, -0.15) is 0 Å². The van der Waals surface area contributed by atoms with Crippen molar-refractivity contribution in [1.82, 2.24) is 19.8 Å². The van der Waals surface area contributed by atoms with E-state index in [0.29, 0.717) is 25.3 Å². The van der Waals surface area contributed by atoms with Gasteiger partial charge in [-0.05, 0) is 61.1 Å². The van der Waals surface area contributed by atoms with Gasteiger partial charge in [0.1, 0.15) is 0 Å². The molecule has 2 aromatic heterocycles. The first-order chi connectivity index (χ1) is 17.2. The summed E-state index contributed by atoms with van der Waals surface area (Å²) in [5.41, 5.74) is 3.85. The summed E-state index contributed by atoms with van der Waals surface area (Å²) in [4.78, 5) is 23.5. The molecule has 1 aliphatic rings. The second-order valence-corrected chi connectivity index (χ2v) is 9.90. The smallest absolute Gasteiger partial charge is 0.261 e. The highest BCUT2D eigenvalue weighted by Crippen LogP contribution is 2.28. The summed E-state index contributed by atoms with van der Waals surface area (Å²) in [5, 5.41) is 7.62. The van der Waals surface area contributed by atoms with Gasteiger partial charge < -0.3 is 20.1 Å². The van der Waals surface area contributed by atoms with Crippen LogP contribution >= 0.6 is 11.3 Å². The van der Waals surface area contributed by atoms with Gasteiger partial charge in [0.05, 0.1) is 30.0 Å². The number of fused-ring (bicyclic) bond motifs is 1. The Labute approximate surface area is 209 Å². The number of carbonyl (C=O) groups is 1. The molecule has 0 aliphatic carbocycles. The first-order valence-corrected chi connectivity index (χ1v) is 12.7. The topological polar surface area (TPSA) is 66.5 Å². The number of hydrogen-bond acceptors (Lipinski definition) is 5. The fraction of sp³-hybridized carbons (Fsp3) is 0.296. The minimum absolute atomic E-state index is 0.00763. The molecule has 2 N–H and O–H groups in total. The van der Waals surface area contributed by atoms with Crippen molar-refractivity contribution < 1.29 is 4.79 Å². The van der Waals surface area contributed by atoms with E-state index in [0.717, 1.165) is 51.5 Å². The van der Waals surface area contributed by atoms with E-state index in [1.54, 1.807) is 0 Å². The molecular formula is C27H28N6OS. The number of anilines is 1. The number of aromatic nitrogens is 2. The molecule has 1 amide bonds. The fourth-order valence-electron chi connectivity index (χ4n) is 4.39. The van der Waals surface area contributed by atoms with Crippen molar-refractivity contribution >= 4 is 38.7 Å². The normalized spacial score (nSPS) is 13.7. The third-order valence-corrected chi connectivity index (χ3v) is 7.46. The molecule has 1 fully saturated rings. The van der Waals surface area contributed by atoms with E-state index in [4.69, 9.17) is 6.57 Å². The number of amides is 1. The Balaban J connectivity index is 1.18. The molecule has 0 bridgehead atoms. The van der Waals surface area contributed by atoms with Crippen LogP contribution < -0.4 is 10.6 Å². The van der Waals surface area contributed by atoms with Gasteiger partial charge in [-0.25, -0.2) is 9.83 Å². The molecule has 0 atom stereocenters. The largest absolute Gasteiger partial charge is 0.379 e. The molecule has 0 saturated carbocycles. The van der Waals surface area contributed by atoms with Gasteiger partial charge in [0.2, 0.25) is 0 Å². The van der Waals surface area contributed by atoms with E-state index in [-0.39, 0.29) is 5.91 Å². The highest BCUT2D eigenvalue weighted by atomic mass is 32.1. The van der Waals surface area contributed by atoms with Crippen LogP contribution in [0.5, 0.6) is 0 Å². The van der Waals surface area contributed by atoms with Crippen molar-refractivity contribution in [3.8, 4) is 0 Å². The maximum absolute atomic E-state index is 12.6. The molecule has 2 aromatic carbocycles. The first-order valence-electron chi connectivity index (χ1n) is 11.9. The summed E-state index contributed by atoms with van der Waals surface area (Å²) in [7, 11) is 0.